The normalized spacial score (nSPS) is 41.6. The molecule has 0 aliphatic heterocycles. The number of rotatable bonds is 3. The minimum Gasteiger partial charge on any atom is -0.396 e. The Hall–Kier alpha value is -0.930. The first-order valence-electron chi connectivity index (χ1n) is 9.77. The summed E-state index contributed by atoms with van der Waals surface area (Å²) in [5.74, 6) is 1.47. The predicted octanol–water partition coefficient (Wildman–Crippen LogP) is 3.70. The van der Waals surface area contributed by atoms with Crippen molar-refractivity contribution >= 4 is 5.78 Å². The topological polar surface area (TPSA) is 57.5 Å². The van der Waals surface area contributed by atoms with Crippen LogP contribution in [-0.4, -0.2) is 28.2 Å². The summed E-state index contributed by atoms with van der Waals surface area (Å²) < 4.78 is 0. The van der Waals surface area contributed by atoms with Gasteiger partial charge in [-0.2, -0.15) is 0 Å². The van der Waals surface area contributed by atoms with Crippen molar-refractivity contribution in [1.29, 1.82) is 0 Å². The van der Waals surface area contributed by atoms with Crippen molar-refractivity contribution in [3.05, 3.63) is 22.8 Å². The molecule has 0 radical (unpaired) electrons. The Kier molecular flexibility index (Phi) is 4.00. The molecule has 4 atom stereocenters. The Labute approximate surface area is 144 Å². The molecule has 0 bridgehead atoms. The lowest BCUT2D eigenvalue weighted by Crippen LogP contribution is -2.49. The van der Waals surface area contributed by atoms with E-state index in [0.29, 0.717) is 30.5 Å². The molecule has 3 heteroatoms. The molecule has 4 aliphatic carbocycles. The summed E-state index contributed by atoms with van der Waals surface area (Å²) in [6.45, 7) is 2.48. The van der Waals surface area contributed by atoms with Crippen molar-refractivity contribution in [2.75, 3.05) is 6.61 Å². The third-order valence-electron chi connectivity index (χ3n) is 7.80. The van der Waals surface area contributed by atoms with Gasteiger partial charge in [0.25, 0.3) is 0 Å². The lowest BCUT2D eigenvalue weighted by Gasteiger charge is -2.52. The zero-order valence-electron chi connectivity index (χ0n) is 14.8. The van der Waals surface area contributed by atoms with Crippen LogP contribution in [0.5, 0.6) is 0 Å². The Morgan fingerprint density at radius 1 is 1.17 bits per heavy atom. The van der Waals surface area contributed by atoms with E-state index in [1.807, 2.05) is 6.08 Å². The van der Waals surface area contributed by atoms with Crippen LogP contribution in [-0.2, 0) is 4.79 Å². The molecule has 4 aliphatic rings. The summed E-state index contributed by atoms with van der Waals surface area (Å²) in [6, 6.07) is 0. The third-order valence-corrected chi connectivity index (χ3v) is 7.80. The molecule has 0 heterocycles. The maximum absolute atomic E-state index is 11.7. The Balaban J connectivity index is 1.66. The molecule has 0 amide bonds. The largest absolute Gasteiger partial charge is 0.396 e. The molecular formula is C21H30O3. The van der Waals surface area contributed by atoms with Crippen molar-refractivity contribution in [3.63, 3.8) is 0 Å². The SMILES string of the molecule is CC12CCC3=C4CCC(=O)C=C4CCC3C1CCC2(O)CCCO. The molecule has 3 nitrogen and oxygen atoms in total. The van der Waals surface area contributed by atoms with Crippen molar-refractivity contribution < 1.29 is 15.0 Å². The van der Waals surface area contributed by atoms with Gasteiger partial charge < -0.3 is 10.2 Å². The minimum atomic E-state index is -0.602. The minimum absolute atomic E-state index is 0.0113. The lowest BCUT2D eigenvalue weighted by atomic mass is 9.54. The zero-order valence-corrected chi connectivity index (χ0v) is 14.8. The second-order valence-corrected chi connectivity index (χ2v) is 8.71. The molecule has 4 rings (SSSR count). The number of carbonyl (C=O) groups is 1. The smallest absolute Gasteiger partial charge is 0.156 e. The van der Waals surface area contributed by atoms with Gasteiger partial charge in [0.05, 0.1) is 5.60 Å². The molecule has 132 valence electrons. The van der Waals surface area contributed by atoms with Gasteiger partial charge in [-0.15, -0.1) is 0 Å². The van der Waals surface area contributed by atoms with Gasteiger partial charge in [0.2, 0.25) is 0 Å². The van der Waals surface area contributed by atoms with Crippen LogP contribution in [0.25, 0.3) is 0 Å². The van der Waals surface area contributed by atoms with Crippen LogP contribution in [0.4, 0.5) is 0 Å². The number of aliphatic hydroxyl groups excluding tert-OH is 1. The standard InChI is InChI=1S/C21H30O3/c1-20-10-7-17-16-6-4-15(23)13-14(16)3-5-18(17)19(20)8-11-21(20,24)9-2-12-22/h13,18-19,22,24H,2-12H2,1H3. The van der Waals surface area contributed by atoms with E-state index in [-0.39, 0.29) is 12.0 Å². The van der Waals surface area contributed by atoms with Crippen LogP contribution in [0.1, 0.15) is 71.1 Å². The second kappa shape index (κ2) is 5.81. The van der Waals surface area contributed by atoms with Gasteiger partial charge in [-0.3, -0.25) is 4.79 Å². The van der Waals surface area contributed by atoms with Crippen LogP contribution in [0.2, 0.25) is 0 Å². The highest BCUT2D eigenvalue weighted by Crippen LogP contribution is 2.64. The van der Waals surface area contributed by atoms with E-state index in [1.165, 1.54) is 11.1 Å². The summed E-state index contributed by atoms with van der Waals surface area (Å²) in [6.07, 6.45) is 11.3. The van der Waals surface area contributed by atoms with E-state index < -0.39 is 5.60 Å². The maximum Gasteiger partial charge on any atom is 0.156 e. The van der Waals surface area contributed by atoms with Crippen LogP contribution >= 0.6 is 0 Å². The molecule has 0 saturated heterocycles. The van der Waals surface area contributed by atoms with E-state index in [0.717, 1.165) is 51.4 Å². The highest BCUT2D eigenvalue weighted by molar-refractivity contribution is 5.93. The van der Waals surface area contributed by atoms with E-state index in [9.17, 15) is 15.0 Å². The number of ketones is 1. The van der Waals surface area contributed by atoms with Crippen molar-refractivity contribution in [3.8, 4) is 0 Å². The molecule has 2 fully saturated rings. The monoisotopic (exact) mass is 330 g/mol. The molecule has 2 saturated carbocycles. The summed E-state index contributed by atoms with van der Waals surface area (Å²) in [7, 11) is 0. The van der Waals surface area contributed by atoms with Gasteiger partial charge in [-0.1, -0.05) is 12.5 Å². The lowest BCUT2D eigenvalue weighted by molar-refractivity contribution is -0.114. The molecule has 0 spiro atoms. The Morgan fingerprint density at radius 2 is 2.00 bits per heavy atom. The van der Waals surface area contributed by atoms with E-state index in [4.69, 9.17) is 0 Å². The average molecular weight is 330 g/mol. The first-order chi connectivity index (χ1) is 11.5. The maximum atomic E-state index is 11.7. The third kappa shape index (κ3) is 2.28. The van der Waals surface area contributed by atoms with Crippen LogP contribution in [0.15, 0.2) is 22.8 Å². The fraction of sp³-hybridized carbons (Fsp3) is 0.762. The molecule has 0 aromatic heterocycles. The Morgan fingerprint density at radius 3 is 2.79 bits per heavy atom. The Bertz CT molecular complexity index is 617. The fourth-order valence-corrected chi connectivity index (χ4v) is 6.42. The number of allylic oxidation sites excluding steroid dienone is 4. The fourth-order valence-electron chi connectivity index (χ4n) is 6.42. The van der Waals surface area contributed by atoms with E-state index >= 15 is 0 Å². The molecule has 24 heavy (non-hydrogen) atoms. The number of carbonyl (C=O) groups excluding carboxylic acids is 1. The van der Waals surface area contributed by atoms with Gasteiger partial charge in [-0.25, -0.2) is 0 Å². The summed E-state index contributed by atoms with van der Waals surface area (Å²) in [4.78, 5) is 11.7. The quantitative estimate of drug-likeness (QED) is 0.829. The predicted molar refractivity (Wildman–Crippen MR) is 93.4 cm³/mol. The van der Waals surface area contributed by atoms with Gasteiger partial charge in [0.1, 0.15) is 0 Å². The van der Waals surface area contributed by atoms with Crippen molar-refractivity contribution in [2.24, 2.45) is 17.3 Å². The number of aliphatic hydroxyl groups is 2. The van der Waals surface area contributed by atoms with Crippen molar-refractivity contribution in [1.82, 2.24) is 0 Å². The highest BCUT2D eigenvalue weighted by atomic mass is 16.3. The summed E-state index contributed by atoms with van der Waals surface area (Å²) in [5.41, 5.74) is 3.82. The van der Waals surface area contributed by atoms with E-state index in [2.05, 4.69) is 6.92 Å². The second-order valence-electron chi connectivity index (χ2n) is 8.71. The number of hydrogen-bond acceptors (Lipinski definition) is 3. The zero-order chi connectivity index (χ0) is 16.9. The van der Waals surface area contributed by atoms with Crippen molar-refractivity contribution in [2.45, 2.75) is 76.7 Å². The van der Waals surface area contributed by atoms with Gasteiger partial charge in [0, 0.05) is 13.0 Å². The first kappa shape index (κ1) is 16.5. The molecule has 0 aromatic rings. The highest BCUT2D eigenvalue weighted by Gasteiger charge is 2.60. The molecular weight excluding hydrogens is 300 g/mol. The average Bonchev–Trinajstić information content (AvgIpc) is 2.84. The molecule has 0 aromatic carbocycles. The van der Waals surface area contributed by atoms with Crippen LogP contribution in [0.3, 0.4) is 0 Å². The van der Waals surface area contributed by atoms with Crippen LogP contribution in [0, 0.1) is 17.3 Å². The number of hydrogen-bond donors (Lipinski definition) is 2. The van der Waals surface area contributed by atoms with Gasteiger partial charge in [0.15, 0.2) is 5.78 Å². The molecule has 4 unspecified atom stereocenters. The summed E-state index contributed by atoms with van der Waals surface area (Å²) >= 11 is 0. The van der Waals surface area contributed by atoms with Crippen LogP contribution < -0.4 is 0 Å². The summed E-state index contributed by atoms with van der Waals surface area (Å²) in [5, 5.41) is 20.6. The first-order valence-corrected chi connectivity index (χ1v) is 9.77. The van der Waals surface area contributed by atoms with Gasteiger partial charge in [-0.05, 0) is 92.3 Å². The van der Waals surface area contributed by atoms with E-state index in [1.54, 1.807) is 5.57 Å². The van der Waals surface area contributed by atoms with Gasteiger partial charge >= 0.3 is 0 Å². The number of fused-ring (bicyclic) bond motifs is 4. The molecule has 2 N–H and O–H groups in total.